The summed E-state index contributed by atoms with van der Waals surface area (Å²) >= 11 is 0. The third-order valence-corrected chi connectivity index (χ3v) is 13.5. The Morgan fingerprint density at radius 3 is 1.92 bits per heavy atom. The largest absolute Gasteiger partial charge is 0.0654 e. The van der Waals surface area contributed by atoms with Gasteiger partial charge in [-0.25, -0.2) is 0 Å². The van der Waals surface area contributed by atoms with Gasteiger partial charge >= 0.3 is 0 Å². The maximum Gasteiger partial charge on any atom is -0.0321 e. The van der Waals surface area contributed by atoms with E-state index in [2.05, 4.69) is 48.5 Å². The molecule has 0 nitrogen and oxygen atoms in total. The summed E-state index contributed by atoms with van der Waals surface area (Å²) in [5.41, 5.74) is 0. The van der Waals surface area contributed by atoms with Crippen LogP contribution in [0.3, 0.4) is 0 Å². The van der Waals surface area contributed by atoms with Crippen LogP contribution in [0.5, 0.6) is 0 Å². The van der Waals surface area contributed by atoms with Crippen LogP contribution in [0.2, 0.25) is 0 Å². The minimum atomic E-state index is 0.976. The van der Waals surface area contributed by atoms with Crippen LogP contribution in [0.15, 0.2) is 0 Å². The first-order valence-corrected chi connectivity index (χ1v) is 17.8. The third kappa shape index (κ3) is 7.02. The highest BCUT2D eigenvalue weighted by Crippen LogP contribution is 2.57. The number of rotatable bonds is 6. The van der Waals surface area contributed by atoms with Gasteiger partial charge in [0, 0.05) is 0 Å². The average Bonchev–Trinajstić information content (AvgIpc) is 3.46. The van der Waals surface area contributed by atoms with Crippen LogP contribution >= 0.6 is 0 Å². The Morgan fingerprint density at radius 1 is 0.568 bits per heavy atom. The highest BCUT2D eigenvalue weighted by molar-refractivity contribution is 4.98. The quantitative estimate of drug-likeness (QED) is 0.332. The molecule has 0 amide bonds. The summed E-state index contributed by atoms with van der Waals surface area (Å²) in [5, 5.41) is 0. The summed E-state index contributed by atoms with van der Waals surface area (Å²) < 4.78 is 0. The second kappa shape index (κ2) is 14.1. The van der Waals surface area contributed by atoms with E-state index in [-0.39, 0.29) is 0 Å². The Labute approximate surface area is 234 Å². The molecule has 0 N–H and O–H groups in total. The summed E-state index contributed by atoms with van der Waals surface area (Å²) in [4.78, 5) is 0. The molecule has 11 atom stereocenters. The van der Waals surface area contributed by atoms with Crippen LogP contribution in [-0.4, -0.2) is 0 Å². The van der Waals surface area contributed by atoms with Crippen LogP contribution in [-0.2, 0) is 0 Å². The molecule has 0 spiro atoms. The van der Waals surface area contributed by atoms with Gasteiger partial charge in [-0.15, -0.1) is 0 Å². The summed E-state index contributed by atoms with van der Waals surface area (Å²) in [5.74, 6) is 13.6. The summed E-state index contributed by atoms with van der Waals surface area (Å²) in [7, 11) is 0. The second-order valence-corrected chi connectivity index (χ2v) is 15.7. The molecule has 0 aromatic carbocycles. The van der Waals surface area contributed by atoms with Gasteiger partial charge < -0.3 is 0 Å². The zero-order chi connectivity index (χ0) is 26.5. The number of fused-ring (bicyclic) bond motifs is 1. The van der Waals surface area contributed by atoms with Crippen molar-refractivity contribution in [3.8, 4) is 0 Å². The highest BCUT2D eigenvalue weighted by atomic mass is 14.5. The van der Waals surface area contributed by atoms with E-state index in [4.69, 9.17) is 0 Å². The summed E-state index contributed by atoms with van der Waals surface area (Å²) in [6.45, 7) is 17.4. The van der Waals surface area contributed by atoms with Gasteiger partial charge in [0.15, 0.2) is 0 Å². The van der Waals surface area contributed by atoms with Gasteiger partial charge in [0.1, 0.15) is 0 Å². The first-order valence-electron chi connectivity index (χ1n) is 17.8. The number of hydrogen-bond donors (Lipinski definition) is 0. The van der Waals surface area contributed by atoms with E-state index in [1.807, 2.05) is 0 Å². The van der Waals surface area contributed by atoms with Crippen molar-refractivity contribution in [2.75, 3.05) is 0 Å². The lowest BCUT2D eigenvalue weighted by Crippen LogP contribution is -2.44. The highest BCUT2D eigenvalue weighted by Gasteiger charge is 2.49. The van der Waals surface area contributed by atoms with Crippen LogP contribution in [0.4, 0.5) is 0 Å². The van der Waals surface area contributed by atoms with Crippen molar-refractivity contribution < 1.29 is 0 Å². The topological polar surface area (TPSA) is 0 Å². The predicted molar refractivity (Wildman–Crippen MR) is 164 cm³/mol. The Balaban J connectivity index is 0.000000186. The van der Waals surface area contributed by atoms with Crippen LogP contribution in [0.25, 0.3) is 0 Å². The fourth-order valence-electron chi connectivity index (χ4n) is 11.4. The molecule has 0 heterocycles. The Bertz CT molecular complexity index is 642. The normalized spacial score (nSPS) is 48.2. The molecule has 5 saturated carbocycles. The standard InChI is InChI=1S/C22H40.C15H28/c1-4-6-12-19-16(3)15-18-11-9-14-21(18)22(19)20-13-8-7-10-17(20)5-2;1-10-5-7-14(8-6-10)15-12(3)9-11(2)13(15)4/h16-22H,4-15H2,1-3H3;10-15H,5-9H2,1-4H3. The van der Waals surface area contributed by atoms with E-state index in [1.54, 1.807) is 44.9 Å². The molecular formula is C37H68. The van der Waals surface area contributed by atoms with Crippen molar-refractivity contribution >= 4 is 0 Å². The van der Waals surface area contributed by atoms with E-state index in [0.717, 1.165) is 76.9 Å². The predicted octanol–water partition coefficient (Wildman–Crippen LogP) is 11.8. The van der Waals surface area contributed by atoms with Crippen LogP contribution in [0, 0.1) is 76.9 Å². The lowest BCUT2D eigenvalue weighted by atomic mass is 9.54. The summed E-state index contributed by atoms with van der Waals surface area (Å²) in [6.07, 6.45) is 25.8. The van der Waals surface area contributed by atoms with E-state index in [9.17, 15) is 0 Å². The first-order chi connectivity index (χ1) is 17.8. The molecule has 216 valence electrons. The average molecular weight is 513 g/mol. The van der Waals surface area contributed by atoms with Crippen molar-refractivity contribution in [2.24, 2.45) is 76.9 Å². The monoisotopic (exact) mass is 513 g/mol. The van der Waals surface area contributed by atoms with Gasteiger partial charge in [-0.05, 0) is 122 Å². The van der Waals surface area contributed by atoms with Gasteiger partial charge in [-0.3, -0.25) is 0 Å². The van der Waals surface area contributed by atoms with Crippen molar-refractivity contribution in [1.82, 2.24) is 0 Å². The molecule has 0 bridgehead atoms. The fourth-order valence-corrected chi connectivity index (χ4v) is 11.4. The van der Waals surface area contributed by atoms with E-state index < -0.39 is 0 Å². The first kappa shape index (κ1) is 30.0. The second-order valence-electron chi connectivity index (χ2n) is 15.7. The van der Waals surface area contributed by atoms with Crippen molar-refractivity contribution in [3.05, 3.63) is 0 Å². The molecule has 37 heavy (non-hydrogen) atoms. The molecule has 0 aliphatic heterocycles. The third-order valence-electron chi connectivity index (χ3n) is 13.5. The molecule has 0 saturated heterocycles. The van der Waals surface area contributed by atoms with Gasteiger partial charge in [0.25, 0.3) is 0 Å². The zero-order valence-corrected chi connectivity index (χ0v) is 26.5. The van der Waals surface area contributed by atoms with Crippen LogP contribution in [0.1, 0.15) is 158 Å². The Kier molecular flexibility index (Phi) is 11.4. The molecule has 0 aromatic heterocycles. The maximum atomic E-state index is 2.62. The van der Waals surface area contributed by atoms with E-state index >= 15 is 0 Å². The SMILES string of the molecule is CC1CCC(C2C(C)CC(C)C2C)CC1.CCCCC1C(C)CC2CCCC2C1C1CCCCC1CC. The molecule has 0 radical (unpaired) electrons. The van der Waals surface area contributed by atoms with Crippen LogP contribution < -0.4 is 0 Å². The molecule has 5 aliphatic carbocycles. The maximum absolute atomic E-state index is 2.62. The summed E-state index contributed by atoms with van der Waals surface area (Å²) in [6, 6.07) is 0. The van der Waals surface area contributed by atoms with Gasteiger partial charge in [0.05, 0.1) is 0 Å². The minimum Gasteiger partial charge on any atom is -0.0654 e. The molecule has 5 aliphatic rings. The van der Waals surface area contributed by atoms with Gasteiger partial charge in [0.2, 0.25) is 0 Å². The van der Waals surface area contributed by atoms with Crippen molar-refractivity contribution in [2.45, 2.75) is 158 Å². The molecule has 0 aromatic rings. The van der Waals surface area contributed by atoms with E-state index in [1.165, 1.54) is 64.2 Å². The Hall–Kier alpha value is 0. The van der Waals surface area contributed by atoms with Crippen molar-refractivity contribution in [1.29, 1.82) is 0 Å². The molecule has 5 fully saturated rings. The molecular weight excluding hydrogens is 444 g/mol. The molecule has 0 heteroatoms. The molecule has 5 rings (SSSR count). The van der Waals surface area contributed by atoms with Gasteiger partial charge in [-0.1, -0.05) is 113 Å². The fraction of sp³-hybridized carbons (Fsp3) is 1.00. The lowest BCUT2D eigenvalue weighted by Gasteiger charge is -2.51. The number of unbranched alkanes of at least 4 members (excludes halogenated alkanes) is 1. The Morgan fingerprint density at radius 2 is 1.27 bits per heavy atom. The number of hydrogen-bond acceptors (Lipinski definition) is 0. The van der Waals surface area contributed by atoms with E-state index in [0.29, 0.717) is 0 Å². The lowest BCUT2D eigenvalue weighted by molar-refractivity contribution is -0.0197. The zero-order valence-electron chi connectivity index (χ0n) is 26.5. The van der Waals surface area contributed by atoms with Gasteiger partial charge in [-0.2, -0.15) is 0 Å². The smallest absolute Gasteiger partial charge is 0.0321 e. The van der Waals surface area contributed by atoms with Crippen molar-refractivity contribution in [3.63, 3.8) is 0 Å². The minimum absolute atomic E-state index is 0.976. The molecule has 11 unspecified atom stereocenters.